The molecule has 3 aromatic rings. The molecule has 0 N–H and O–H groups in total. The molecule has 4 rings (SSSR count). The SMILES string of the molecule is CCCCCCCCCOc1ccc(-c2ccc(-c3ccc(C4COC(CCCCC)OC4)cc3F)cc2)c(F)c1F. The van der Waals surface area contributed by atoms with Gasteiger partial charge in [0.2, 0.25) is 5.82 Å². The Morgan fingerprint density at radius 3 is 1.93 bits per heavy atom. The van der Waals surface area contributed by atoms with Crippen molar-refractivity contribution in [1.29, 1.82) is 0 Å². The van der Waals surface area contributed by atoms with Crippen LogP contribution >= 0.6 is 0 Å². The molecule has 1 aliphatic heterocycles. The lowest BCUT2D eigenvalue weighted by Crippen LogP contribution is -2.30. The van der Waals surface area contributed by atoms with Crippen molar-refractivity contribution in [2.24, 2.45) is 0 Å². The van der Waals surface area contributed by atoms with E-state index in [1.807, 2.05) is 6.07 Å². The zero-order valence-corrected chi connectivity index (χ0v) is 25.1. The molecule has 0 atom stereocenters. The van der Waals surface area contributed by atoms with Crippen molar-refractivity contribution in [3.8, 4) is 28.0 Å². The molecular formula is C36H45F3O3. The monoisotopic (exact) mass is 582 g/mol. The third kappa shape index (κ3) is 8.84. The van der Waals surface area contributed by atoms with Crippen molar-refractivity contribution in [2.45, 2.75) is 96.7 Å². The molecule has 3 nitrogen and oxygen atoms in total. The van der Waals surface area contributed by atoms with Gasteiger partial charge in [-0.1, -0.05) is 102 Å². The van der Waals surface area contributed by atoms with E-state index < -0.39 is 11.6 Å². The van der Waals surface area contributed by atoms with E-state index in [2.05, 4.69) is 13.8 Å². The summed E-state index contributed by atoms with van der Waals surface area (Å²) in [5, 5.41) is 0. The van der Waals surface area contributed by atoms with E-state index in [9.17, 15) is 8.78 Å². The summed E-state index contributed by atoms with van der Waals surface area (Å²) in [5.41, 5.74) is 2.59. The zero-order chi connectivity index (χ0) is 29.7. The number of benzene rings is 3. The minimum Gasteiger partial charge on any atom is -0.490 e. The Hall–Kier alpha value is -2.83. The van der Waals surface area contributed by atoms with E-state index in [1.165, 1.54) is 43.9 Å². The molecule has 42 heavy (non-hydrogen) atoms. The van der Waals surface area contributed by atoms with Crippen LogP contribution in [0.1, 0.15) is 96.0 Å². The minimum absolute atomic E-state index is 0.0151. The second kappa shape index (κ2) is 16.7. The van der Waals surface area contributed by atoms with Gasteiger partial charge in [-0.25, -0.2) is 8.78 Å². The number of unbranched alkanes of at least 4 members (excludes halogenated alkanes) is 8. The summed E-state index contributed by atoms with van der Waals surface area (Å²) < 4.78 is 62.2. The molecule has 0 amide bonds. The summed E-state index contributed by atoms with van der Waals surface area (Å²) in [7, 11) is 0. The fraction of sp³-hybridized carbons (Fsp3) is 0.500. The van der Waals surface area contributed by atoms with Crippen LogP contribution in [0.2, 0.25) is 0 Å². The number of hydrogen-bond donors (Lipinski definition) is 0. The van der Waals surface area contributed by atoms with Crippen LogP contribution in [0, 0.1) is 17.5 Å². The highest BCUT2D eigenvalue weighted by Crippen LogP contribution is 2.33. The minimum atomic E-state index is -0.982. The van der Waals surface area contributed by atoms with E-state index in [-0.39, 0.29) is 29.3 Å². The predicted molar refractivity (Wildman–Crippen MR) is 163 cm³/mol. The summed E-state index contributed by atoms with van der Waals surface area (Å²) in [5.74, 6) is -2.35. The van der Waals surface area contributed by atoms with E-state index >= 15 is 4.39 Å². The van der Waals surface area contributed by atoms with E-state index in [1.54, 1.807) is 30.3 Å². The highest BCUT2D eigenvalue weighted by atomic mass is 19.2. The Bertz CT molecular complexity index is 1240. The molecule has 0 unspecified atom stereocenters. The third-order valence-corrected chi connectivity index (χ3v) is 8.03. The van der Waals surface area contributed by atoms with Crippen molar-refractivity contribution in [1.82, 2.24) is 0 Å². The van der Waals surface area contributed by atoms with E-state index in [4.69, 9.17) is 14.2 Å². The summed E-state index contributed by atoms with van der Waals surface area (Å²) >= 11 is 0. The lowest BCUT2D eigenvalue weighted by molar-refractivity contribution is -0.190. The van der Waals surface area contributed by atoms with E-state index in [0.29, 0.717) is 36.5 Å². The Labute approximate surface area is 249 Å². The van der Waals surface area contributed by atoms with Gasteiger partial charge in [0.1, 0.15) is 5.82 Å². The van der Waals surface area contributed by atoms with Crippen molar-refractivity contribution in [3.05, 3.63) is 77.6 Å². The first-order valence-electron chi connectivity index (χ1n) is 15.8. The van der Waals surface area contributed by atoms with Crippen LogP contribution in [0.5, 0.6) is 5.75 Å². The average molecular weight is 583 g/mol. The Morgan fingerprint density at radius 2 is 1.26 bits per heavy atom. The van der Waals surface area contributed by atoms with Gasteiger partial charge in [-0.3, -0.25) is 0 Å². The quantitative estimate of drug-likeness (QED) is 0.157. The number of halogens is 3. The third-order valence-electron chi connectivity index (χ3n) is 8.03. The normalized spacial score (nSPS) is 17.0. The molecule has 1 aliphatic rings. The zero-order valence-electron chi connectivity index (χ0n) is 25.1. The molecule has 0 aliphatic carbocycles. The number of rotatable bonds is 16. The lowest BCUT2D eigenvalue weighted by atomic mass is 9.95. The second-order valence-electron chi connectivity index (χ2n) is 11.3. The molecule has 1 saturated heterocycles. The van der Waals surface area contributed by atoms with Crippen LogP contribution < -0.4 is 4.74 Å². The van der Waals surface area contributed by atoms with Gasteiger partial charge in [0, 0.05) is 17.0 Å². The fourth-order valence-electron chi connectivity index (χ4n) is 5.42. The van der Waals surface area contributed by atoms with Crippen LogP contribution in [0.15, 0.2) is 54.6 Å². The number of hydrogen-bond acceptors (Lipinski definition) is 3. The van der Waals surface area contributed by atoms with Crippen molar-refractivity contribution < 1.29 is 27.4 Å². The molecule has 3 aromatic carbocycles. The molecule has 0 saturated carbocycles. The summed E-state index contributed by atoms with van der Waals surface area (Å²) in [4.78, 5) is 0. The molecular weight excluding hydrogens is 537 g/mol. The highest BCUT2D eigenvalue weighted by Gasteiger charge is 2.24. The Kier molecular flexibility index (Phi) is 12.8. The molecule has 1 fully saturated rings. The predicted octanol–water partition coefficient (Wildman–Crippen LogP) is 10.6. The van der Waals surface area contributed by atoms with Gasteiger partial charge in [0.25, 0.3) is 0 Å². The van der Waals surface area contributed by atoms with Gasteiger partial charge in [0.05, 0.1) is 19.8 Å². The molecule has 6 heteroatoms. The maximum absolute atomic E-state index is 15.2. The smallest absolute Gasteiger partial charge is 0.201 e. The van der Waals surface area contributed by atoms with Gasteiger partial charge in [0.15, 0.2) is 17.9 Å². The maximum Gasteiger partial charge on any atom is 0.201 e. The van der Waals surface area contributed by atoms with Gasteiger partial charge >= 0.3 is 0 Å². The maximum atomic E-state index is 15.2. The molecule has 1 heterocycles. The molecule has 0 aromatic heterocycles. The van der Waals surface area contributed by atoms with Crippen molar-refractivity contribution in [2.75, 3.05) is 19.8 Å². The molecule has 0 radical (unpaired) electrons. The molecule has 0 spiro atoms. The first kappa shape index (κ1) is 32.1. The summed E-state index contributed by atoms with van der Waals surface area (Å²) in [6.45, 7) is 5.74. The van der Waals surface area contributed by atoms with Crippen LogP contribution in [0.4, 0.5) is 13.2 Å². The first-order valence-corrected chi connectivity index (χ1v) is 15.8. The Balaban J connectivity index is 1.33. The average Bonchev–Trinajstić information content (AvgIpc) is 3.01. The van der Waals surface area contributed by atoms with Gasteiger partial charge in [-0.2, -0.15) is 4.39 Å². The fourth-order valence-corrected chi connectivity index (χ4v) is 5.42. The van der Waals surface area contributed by atoms with Crippen molar-refractivity contribution >= 4 is 0 Å². The van der Waals surface area contributed by atoms with Crippen LogP contribution in [-0.4, -0.2) is 26.1 Å². The van der Waals surface area contributed by atoms with Crippen LogP contribution in [0.3, 0.4) is 0 Å². The van der Waals surface area contributed by atoms with Gasteiger partial charge < -0.3 is 14.2 Å². The van der Waals surface area contributed by atoms with Crippen LogP contribution in [0.25, 0.3) is 22.3 Å². The van der Waals surface area contributed by atoms with Crippen molar-refractivity contribution in [3.63, 3.8) is 0 Å². The second-order valence-corrected chi connectivity index (χ2v) is 11.3. The number of ether oxygens (including phenoxy) is 3. The van der Waals surface area contributed by atoms with Crippen LogP contribution in [-0.2, 0) is 9.47 Å². The summed E-state index contributed by atoms with van der Waals surface area (Å²) in [6, 6.07) is 15.0. The van der Waals surface area contributed by atoms with Gasteiger partial charge in [-0.15, -0.1) is 0 Å². The largest absolute Gasteiger partial charge is 0.490 e. The molecule has 0 bridgehead atoms. The lowest BCUT2D eigenvalue weighted by Gasteiger charge is -2.30. The highest BCUT2D eigenvalue weighted by molar-refractivity contribution is 5.71. The molecule has 228 valence electrons. The first-order chi connectivity index (χ1) is 20.5. The Morgan fingerprint density at radius 1 is 0.667 bits per heavy atom. The standard InChI is InChI=1S/C36H45F3O3/c1-3-5-7-8-9-10-12-22-40-33-21-20-31(35(38)36(33)39)27-16-14-26(15-17-27)30-19-18-28(23-32(30)37)29-24-41-34(42-25-29)13-11-6-4-2/h14-21,23,29,34H,3-13,22,24-25H2,1-2H3. The summed E-state index contributed by atoms with van der Waals surface area (Å²) in [6.07, 6.45) is 12.0. The van der Waals surface area contributed by atoms with Gasteiger partial charge in [-0.05, 0) is 54.2 Å². The van der Waals surface area contributed by atoms with E-state index in [0.717, 1.165) is 50.5 Å². The topological polar surface area (TPSA) is 27.7 Å².